The second-order valence-corrected chi connectivity index (χ2v) is 8.42. The maximum atomic E-state index is 13.2. The fourth-order valence-electron chi connectivity index (χ4n) is 3.30. The minimum atomic E-state index is -0.470. The van der Waals surface area contributed by atoms with Crippen LogP contribution in [0.15, 0.2) is 43.0 Å². The number of nitrogens with one attached hydrogen (secondary N) is 1. The molecule has 1 N–H and O–H groups in total. The smallest absolute Gasteiger partial charge is 0.399 e. The summed E-state index contributed by atoms with van der Waals surface area (Å²) < 4.78 is 26.9. The molecule has 1 saturated heterocycles. The third-order valence-corrected chi connectivity index (χ3v) is 5.74. The Morgan fingerprint density at radius 2 is 1.80 bits per heavy atom. The van der Waals surface area contributed by atoms with Gasteiger partial charge in [-0.25, -0.2) is 19.0 Å². The highest BCUT2D eigenvalue weighted by atomic mass is 19.1. The molecule has 0 atom stereocenters. The fraction of sp³-hybridized carbons (Fsp3) is 0.381. The molecular formula is C21H25BFN5O2. The molecule has 156 valence electrons. The summed E-state index contributed by atoms with van der Waals surface area (Å²) in [5, 5.41) is 7.07. The molecule has 0 saturated carbocycles. The molecule has 0 aromatic carbocycles. The zero-order chi connectivity index (χ0) is 21.5. The van der Waals surface area contributed by atoms with Crippen LogP contribution >= 0.6 is 0 Å². The SMILES string of the molecule is CNc1ncc(B2OC(C)(C)C(C)(C)O2)cc1Cc1ccc(-n2cc(F)cn2)nc1. The van der Waals surface area contributed by atoms with Gasteiger partial charge >= 0.3 is 7.12 Å². The summed E-state index contributed by atoms with van der Waals surface area (Å²) in [6.07, 6.45) is 6.61. The van der Waals surface area contributed by atoms with Gasteiger partial charge in [-0.15, -0.1) is 0 Å². The van der Waals surface area contributed by atoms with Gasteiger partial charge in [0.15, 0.2) is 11.6 Å². The van der Waals surface area contributed by atoms with Gasteiger partial charge in [-0.05, 0) is 44.9 Å². The normalized spacial score (nSPS) is 17.3. The van der Waals surface area contributed by atoms with E-state index in [1.165, 1.54) is 10.9 Å². The Morgan fingerprint density at radius 3 is 2.37 bits per heavy atom. The maximum absolute atomic E-state index is 13.2. The van der Waals surface area contributed by atoms with Crippen molar-refractivity contribution in [3.05, 3.63) is 59.9 Å². The van der Waals surface area contributed by atoms with Gasteiger partial charge in [0.05, 0.1) is 23.6 Å². The second kappa shape index (κ2) is 7.48. The first kappa shape index (κ1) is 20.5. The monoisotopic (exact) mass is 409 g/mol. The fourth-order valence-corrected chi connectivity index (χ4v) is 3.30. The lowest BCUT2D eigenvalue weighted by atomic mass is 9.79. The number of rotatable bonds is 5. The van der Waals surface area contributed by atoms with E-state index >= 15 is 0 Å². The van der Waals surface area contributed by atoms with Crippen LogP contribution in [-0.4, -0.2) is 45.1 Å². The molecule has 1 aliphatic rings. The molecule has 0 aliphatic carbocycles. The number of hydrogen-bond donors (Lipinski definition) is 1. The van der Waals surface area contributed by atoms with Crippen LogP contribution in [0.25, 0.3) is 5.82 Å². The van der Waals surface area contributed by atoms with Crippen LogP contribution < -0.4 is 10.8 Å². The van der Waals surface area contributed by atoms with Crippen LogP contribution in [0.4, 0.5) is 10.2 Å². The number of nitrogens with zero attached hydrogens (tertiary/aromatic N) is 4. The zero-order valence-corrected chi connectivity index (χ0v) is 17.8. The van der Waals surface area contributed by atoms with Crippen molar-refractivity contribution < 1.29 is 13.7 Å². The summed E-state index contributed by atoms with van der Waals surface area (Å²) in [5.74, 6) is 0.944. The van der Waals surface area contributed by atoms with Gasteiger partial charge in [0, 0.05) is 31.3 Å². The topological polar surface area (TPSA) is 74.1 Å². The lowest BCUT2D eigenvalue weighted by Gasteiger charge is -2.32. The molecule has 0 unspecified atom stereocenters. The average molecular weight is 409 g/mol. The van der Waals surface area contributed by atoms with Crippen molar-refractivity contribution in [1.82, 2.24) is 19.7 Å². The summed E-state index contributed by atoms with van der Waals surface area (Å²) in [7, 11) is 1.37. The first-order chi connectivity index (χ1) is 14.2. The first-order valence-electron chi connectivity index (χ1n) is 9.86. The minimum absolute atomic E-state index is 0.398. The Hall–Kier alpha value is -2.78. The Balaban J connectivity index is 1.57. The summed E-state index contributed by atoms with van der Waals surface area (Å²) in [5.41, 5.74) is 2.05. The standard InChI is InChI=1S/C21H25BFN5O2/c1-20(2)21(3,4)30-22(29-20)16-9-15(19(24-5)26-11-16)8-14-6-7-18(25-10-14)28-13-17(23)12-27-28/h6-7,9-13H,8H2,1-5H3,(H,24,26). The van der Waals surface area contributed by atoms with E-state index in [9.17, 15) is 4.39 Å². The van der Waals surface area contributed by atoms with Crippen LogP contribution in [0.5, 0.6) is 0 Å². The molecule has 4 heterocycles. The zero-order valence-electron chi connectivity index (χ0n) is 17.8. The Kier molecular flexibility index (Phi) is 5.11. The van der Waals surface area contributed by atoms with E-state index in [0.29, 0.717) is 12.2 Å². The van der Waals surface area contributed by atoms with Crippen molar-refractivity contribution in [2.75, 3.05) is 12.4 Å². The van der Waals surface area contributed by atoms with Gasteiger partial charge in [-0.2, -0.15) is 5.10 Å². The number of halogens is 1. The van der Waals surface area contributed by atoms with Gasteiger partial charge in [0.2, 0.25) is 0 Å². The van der Waals surface area contributed by atoms with Crippen LogP contribution in [0.1, 0.15) is 38.8 Å². The van der Waals surface area contributed by atoms with E-state index in [1.54, 1.807) is 12.4 Å². The number of anilines is 1. The predicted octanol–water partition coefficient (Wildman–Crippen LogP) is 2.73. The summed E-state index contributed by atoms with van der Waals surface area (Å²) in [6.45, 7) is 8.12. The molecule has 0 radical (unpaired) electrons. The quantitative estimate of drug-likeness (QED) is 0.654. The lowest BCUT2D eigenvalue weighted by molar-refractivity contribution is 0.00578. The van der Waals surface area contributed by atoms with E-state index in [1.807, 2.05) is 46.9 Å². The molecule has 1 fully saturated rings. The van der Waals surface area contributed by atoms with Crippen molar-refractivity contribution in [3.8, 4) is 5.82 Å². The predicted molar refractivity (Wildman–Crippen MR) is 114 cm³/mol. The molecule has 3 aromatic rings. The molecule has 3 aromatic heterocycles. The molecular weight excluding hydrogens is 384 g/mol. The molecule has 0 amide bonds. The Morgan fingerprint density at radius 1 is 1.07 bits per heavy atom. The highest BCUT2D eigenvalue weighted by Crippen LogP contribution is 2.36. The molecule has 4 rings (SSSR count). The summed E-state index contributed by atoms with van der Waals surface area (Å²) in [6, 6.07) is 5.81. The van der Waals surface area contributed by atoms with Crippen LogP contribution in [0.2, 0.25) is 0 Å². The third-order valence-electron chi connectivity index (χ3n) is 5.74. The number of aromatic nitrogens is 4. The van der Waals surface area contributed by atoms with Gasteiger partial charge in [-0.1, -0.05) is 12.1 Å². The number of hydrogen-bond acceptors (Lipinski definition) is 6. The molecule has 30 heavy (non-hydrogen) atoms. The second-order valence-electron chi connectivity index (χ2n) is 8.42. The van der Waals surface area contributed by atoms with Crippen molar-refractivity contribution in [2.45, 2.75) is 45.3 Å². The molecule has 1 aliphatic heterocycles. The first-order valence-corrected chi connectivity index (χ1v) is 9.86. The van der Waals surface area contributed by atoms with E-state index in [0.717, 1.165) is 28.6 Å². The van der Waals surface area contributed by atoms with Gasteiger partial charge in [0.1, 0.15) is 5.82 Å². The van der Waals surface area contributed by atoms with E-state index < -0.39 is 24.1 Å². The van der Waals surface area contributed by atoms with Crippen molar-refractivity contribution in [1.29, 1.82) is 0 Å². The third kappa shape index (κ3) is 3.82. The van der Waals surface area contributed by atoms with E-state index in [-0.39, 0.29) is 0 Å². The van der Waals surface area contributed by atoms with Gasteiger partial charge < -0.3 is 14.6 Å². The molecule has 7 nitrogen and oxygen atoms in total. The number of pyridine rings is 2. The Labute approximate surface area is 175 Å². The van der Waals surface area contributed by atoms with Crippen molar-refractivity contribution >= 4 is 18.4 Å². The highest BCUT2D eigenvalue weighted by Gasteiger charge is 2.51. The van der Waals surface area contributed by atoms with Gasteiger partial charge in [-0.3, -0.25) is 0 Å². The van der Waals surface area contributed by atoms with E-state index in [4.69, 9.17) is 9.31 Å². The minimum Gasteiger partial charge on any atom is -0.399 e. The maximum Gasteiger partial charge on any atom is 0.496 e. The van der Waals surface area contributed by atoms with Crippen LogP contribution in [0.3, 0.4) is 0 Å². The largest absolute Gasteiger partial charge is 0.496 e. The van der Waals surface area contributed by atoms with Crippen molar-refractivity contribution in [2.24, 2.45) is 0 Å². The molecule has 0 spiro atoms. The van der Waals surface area contributed by atoms with Crippen LogP contribution in [0, 0.1) is 5.82 Å². The summed E-state index contributed by atoms with van der Waals surface area (Å²) in [4.78, 5) is 8.95. The van der Waals surface area contributed by atoms with Crippen LogP contribution in [-0.2, 0) is 15.7 Å². The highest BCUT2D eigenvalue weighted by molar-refractivity contribution is 6.62. The van der Waals surface area contributed by atoms with E-state index in [2.05, 4.69) is 26.4 Å². The average Bonchev–Trinajstić information content (AvgIpc) is 3.22. The molecule has 9 heteroatoms. The Bertz CT molecular complexity index is 1040. The lowest BCUT2D eigenvalue weighted by Crippen LogP contribution is -2.41. The van der Waals surface area contributed by atoms with Crippen molar-refractivity contribution in [3.63, 3.8) is 0 Å². The van der Waals surface area contributed by atoms with Gasteiger partial charge in [0.25, 0.3) is 0 Å². The molecule has 0 bridgehead atoms. The summed E-state index contributed by atoms with van der Waals surface area (Å²) >= 11 is 0.